The molecule has 0 aliphatic carbocycles. The van der Waals surface area contributed by atoms with E-state index in [0.29, 0.717) is 42.8 Å². The van der Waals surface area contributed by atoms with Crippen LogP contribution in [0.5, 0.6) is 11.6 Å². The highest BCUT2D eigenvalue weighted by Crippen LogP contribution is 2.32. The maximum atomic E-state index is 13.3. The van der Waals surface area contributed by atoms with Gasteiger partial charge in [0.25, 0.3) is 5.88 Å². The Kier molecular flexibility index (Phi) is 7.99. The second-order valence-corrected chi connectivity index (χ2v) is 11.2. The predicted octanol–water partition coefficient (Wildman–Crippen LogP) is 3.19. The molecule has 3 atom stereocenters. The van der Waals surface area contributed by atoms with Gasteiger partial charge in [-0.2, -0.15) is 4.31 Å². The van der Waals surface area contributed by atoms with E-state index in [0.717, 1.165) is 30.5 Å². The van der Waals surface area contributed by atoms with Gasteiger partial charge in [0.05, 0.1) is 37.0 Å². The molecule has 2 saturated heterocycles. The van der Waals surface area contributed by atoms with Crippen LogP contribution in [-0.2, 0) is 14.8 Å². The summed E-state index contributed by atoms with van der Waals surface area (Å²) >= 11 is 0. The number of benzene rings is 1. The first-order valence-corrected chi connectivity index (χ1v) is 14.0. The van der Waals surface area contributed by atoms with Crippen LogP contribution in [0.4, 0.5) is 0 Å². The average Bonchev–Trinajstić information content (AvgIpc) is 3.46. The Hall–Kier alpha value is -3.05. The van der Waals surface area contributed by atoms with E-state index in [2.05, 4.69) is 10.3 Å². The zero-order valence-electron chi connectivity index (χ0n) is 20.8. The van der Waals surface area contributed by atoms with E-state index in [9.17, 15) is 8.42 Å². The van der Waals surface area contributed by atoms with Crippen molar-refractivity contribution in [3.63, 3.8) is 0 Å². The fourth-order valence-corrected chi connectivity index (χ4v) is 6.32. The molecule has 10 heteroatoms. The summed E-state index contributed by atoms with van der Waals surface area (Å²) in [6.07, 6.45) is 5.86. The Morgan fingerprint density at radius 2 is 1.97 bits per heavy atom. The Balaban J connectivity index is 1.41. The molecule has 0 amide bonds. The Bertz CT molecular complexity index is 1270. The molecular formula is C27H32N4O5S. The van der Waals surface area contributed by atoms with Crippen LogP contribution < -0.4 is 14.8 Å². The van der Waals surface area contributed by atoms with E-state index in [1.54, 1.807) is 48.1 Å². The maximum Gasteiger partial charge on any atom is 0.257 e. The summed E-state index contributed by atoms with van der Waals surface area (Å²) in [5.41, 5.74) is 1.67. The highest BCUT2D eigenvalue weighted by molar-refractivity contribution is 7.89. The van der Waals surface area contributed by atoms with Crippen molar-refractivity contribution in [2.75, 3.05) is 33.4 Å². The molecule has 0 radical (unpaired) electrons. The minimum atomic E-state index is -3.57. The van der Waals surface area contributed by atoms with Gasteiger partial charge in [-0.25, -0.2) is 13.4 Å². The summed E-state index contributed by atoms with van der Waals surface area (Å²) < 4.78 is 45.2. The van der Waals surface area contributed by atoms with Crippen molar-refractivity contribution in [2.45, 2.75) is 42.3 Å². The lowest BCUT2D eigenvalue weighted by molar-refractivity contribution is 0.134. The van der Waals surface area contributed by atoms with Crippen molar-refractivity contribution in [3.8, 4) is 11.6 Å². The number of ether oxygens (including phenoxy) is 3. The van der Waals surface area contributed by atoms with E-state index >= 15 is 0 Å². The standard InChI is InChI=1S/C27H32N4O5S/c1-34-25-12-11-24(30-27(25)36-22-13-16-35-19-22)26(20-7-5-14-28-17-20)29-21-8-6-15-31(18-21)37(32,33)23-9-3-2-4-10-23/h2-5,7,9-12,14,17,21-22,26,29H,6,8,13,15-16,18-19H2,1H3. The van der Waals surface area contributed by atoms with Crippen molar-refractivity contribution < 1.29 is 22.6 Å². The van der Waals surface area contributed by atoms with E-state index in [1.807, 2.05) is 30.3 Å². The van der Waals surface area contributed by atoms with Gasteiger partial charge in [-0.1, -0.05) is 24.3 Å². The Labute approximate surface area is 217 Å². The lowest BCUT2D eigenvalue weighted by Crippen LogP contribution is -2.49. The third kappa shape index (κ3) is 5.93. The number of nitrogens with zero attached hydrogens (tertiary/aromatic N) is 3. The van der Waals surface area contributed by atoms with Crippen LogP contribution in [0.15, 0.2) is 71.9 Å². The quantitative estimate of drug-likeness (QED) is 0.455. The Morgan fingerprint density at radius 1 is 1.11 bits per heavy atom. The van der Waals surface area contributed by atoms with Crippen molar-refractivity contribution in [2.24, 2.45) is 0 Å². The van der Waals surface area contributed by atoms with Gasteiger partial charge < -0.3 is 19.5 Å². The molecule has 2 aliphatic rings. The van der Waals surface area contributed by atoms with E-state index < -0.39 is 10.0 Å². The minimum Gasteiger partial charge on any atom is -0.491 e. The first-order chi connectivity index (χ1) is 18.0. The van der Waals surface area contributed by atoms with Gasteiger partial charge in [0, 0.05) is 37.9 Å². The second-order valence-electron chi connectivity index (χ2n) is 9.25. The summed E-state index contributed by atoms with van der Waals surface area (Å²) in [5.74, 6) is 0.974. The molecule has 3 unspecified atom stereocenters. The molecule has 0 spiro atoms. The van der Waals surface area contributed by atoms with E-state index in [1.165, 1.54) is 0 Å². The normalized spacial score (nSPS) is 21.4. The van der Waals surface area contributed by atoms with Crippen molar-refractivity contribution >= 4 is 10.0 Å². The summed E-state index contributed by atoms with van der Waals surface area (Å²) in [6, 6.07) is 15.8. The predicted molar refractivity (Wildman–Crippen MR) is 138 cm³/mol. The number of methoxy groups -OCH3 is 1. The highest BCUT2D eigenvalue weighted by atomic mass is 32.2. The molecule has 2 fully saturated rings. The van der Waals surface area contributed by atoms with Gasteiger partial charge in [0.2, 0.25) is 10.0 Å². The molecule has 2 aromatic heterocycles. The molecule has 1 N–H and O–H groups in total. The van der Waals surface area contributed by atoms with Gasteiger partial charge in [-0.15, -0.1) is 0 Å². The smallest absolute Gasteiger partial charge is 0.257 e. The van der Waals surface area contributed by atoms with Gasteiger partial charge in [0.15, 0.2) is 5.75 Å². The monoisotopic (exact) mass is 524 g/mol. The topological polar surface area (TPSA) is 103 Å². The molecule has 9 nitrogen and oxygen atoms in total. The van der Waals surface area contributed by atoms with Crippen molar-refractivity contribution in [1.82, 2.24) is 19.6 Å². The molecule has 3 aromatic rings. The van der Waals surface area contributed by atoms with Crippen LogP contribution in [0.1, 0.15) is 36.6 Å². The average molecular weight is 525 g/mol. The van der Waals surface area contributed by atoms with Crippen LogP contribution in [0.3, 0.4) is 0 Å². The molecule has 5 rings (SSSR count). The number of nitrogens with one attached hydrogen (secondary N) is 1. The van der Waals surface area contributed by atoms with Gasteiger partial charge >= 0.3 is 0 Å². The number of piperidine rings is 1. The molecule has 0 bridgehead atoms. The van der Waals surface area contributed by atoms with E-state index in [-0.39, 0.29) is 18.2 Å². The fraction of sp³-hybridized carbons (Fsp3) is 0.407. The van der Waals surface area contributed by atoms with Crippen LogP contribution in [-0.4, -0.2) is 68.2 Å². The van der Waals surface area contributed by atoms with Crippen LogP contribution in [0, 0.1) is 0 Å². The van der Waals surface area contributed by atoms with Crippen LogP contribution in [0.25, 0.3) is 0 Å². The summed E-state index contributed by atoms with van der Waals surface area (Å²) in [6.45, 7) is 2.05. The maximum absolute atomic E-state index is 13.3. The molecular weight excluding hydrogens is 492 g/mol. The summed E-state index contributed by atoms with van der Waals surface area (Å²) in [7, 11) is -1.98. The number of sulfonamides is 1. The number of aromatic nitrogens is 2. The Morgan fingerprint density at radius 3 is 2.70 bits per heavy atom. The molecule has 4 heterocycles. The van der Waals surface area contributed by atoms with E-state index in [4.69, 9.17) is 19.2 Å². The van der Waals surface area contributed by atoms with Crippen molar-refractivity contribution in [3.05, 3.63) is 78.2 Å². The molecule has 37 heavy (non-hydrogen) atoms. The molecule has 1 aromatic carbocycles. The third-order valence-corrected chi connectivity index (χ3v) is 8.59. The largest absolute Gasteiger partial charge is 0.491 e. The van der Waals surface area contributed by atoms with Gasteiger partial charge in [-0.05, 0) is 48.7 Å². The fourth-order valence-electron chi connectivity index (χ4n) is 4.78. The summed E-state index contributed by atoms with van der Waals surface area (Å²) in [5, 5.41) is 3.67. The number of hydrogen-bond donors (Lipinski definition) is 1. The lowest BCUT2D eigenvalue weighted by Gasteiger charge is -2.34. The first kappa shape index (κ1) is 25.6. The second kappa shape index (κ2) is 11.6. The highest BCUT2D eigenvalue weighted by Gasteiger charge is 2.32. The number of pyridine rings is 2. The number of hydrogen-bond acceptors (Lipinski definition) is 8. The van der Waals surface area contributed by atoms with Gasteiger partial charge in [-0.3, -0.25) is 4.98 Å². The summed E-state index contributed by atoms with van der Waals surface area (Å²) in [4.78, 5) is 9.46. The molecule has 2 aliphatic heterocycles. The minimum absolute atomic E-state index is 0.0726. The third-order valence-electron chi connectivity index (χ3n) is 6.71. The zero-order chi connectivity index (χ0) is 25.7. The lowest BCUT2D eigenvalue weighted by atomic mass is 10.0. The zero-order valence-corrected chi connectivity index (χ0v) is 21.6. The van der Waals surface area contributed by atoms with Crippen molar-refractivity contribution in [1.29, 1.82) is 0 Å². The van der Waals surface area contributed by atoms with Crippen LogP contribution in [0.2, 0.25) is 0 Å². The number of rotatable bonds is 9. The SMILES string of the molecule is COc1ccc(C(NC2CCCN(S(=O)(=O)c3ccccc3)C2)c2cccnc2)nc1OC1CCOC1. The van der Waals surface area contributed by atoms with Gasteiger partial charge in [0.1, 0.15) is 6.10 Å². The molecule has 196 valence electrons. The first-order valence-electron chi connectivity index (χ1n) is 12.5. The molecule has 0 saturated carbocycles. The van der Waals surface area contributed by atoms with Crippen LogP contribution >= 0.6 is 0 Å².